The van der Waals surface area contributed by atoms with Gasteiger partial charge >= 0.3 is 0 Å². The average molecular weight is 252 g/mol. The first kappa shape index (κ1) is 14.3. The van der Waals surface area contributed by atoms with Crippen molar-refractivity contribution in [3.63, 3.8) is 0 Å². The third-order valence-electron chi connectivity index (χ3n) is 5.67. The molecule has 1 N–H and O–H groups in total. The van der Waals surface area contributed by atoms with Crippen LogP contribution in [0.25, 0.3) is 0 Å². The van der Waals surface area contributed by atoms with Gasteiger partial charge in [-0.3, -0.25) is 0 Å². The van der Waals surface area contributed by atoms with Crippen LogP contribution in [0, 0.1) is 5.41 Å². The molecule has 2 rings (SSSR count). The van der Waals surface area contributed by atoms with Crippen LogP contribution in [-0.2, 0) is 0 Å². The van der Waals surface area contributed by atoms with E-state index < -0.39 is 0 Å². The normalized spacial score (nSPS) is 30.8. The summed E-state index contributed by atoms with van der Waals surface area (Å²) in [5, 5.41) is 3.93. The summed E-state index contributed by atoms with van der Waals surface area (Å²) in [5.74, 6) is 0. The van der Waals surface area contributed by atoms with Gasteiger partial charge in [0.2, 0.25) is 0 Å². The summed E-state index contributed by atoms with van der Waals surface area (Å²) in [6, 6.07) is 0.726. The average Bonchev–Trinajstić information content (AvgIpc) is 2.77. The van der Waals surface area contributed by atoms with Crippen LogP contribution >= 0.6 is 0 Å². The summed E-state index contributed by atoms with van der Waals surface area (Å²) >= 11 is 0. The highest BCUT2D eigenvalue weighted by atomic mass is 15.2. The molecule has 2 fully saturated rings. The molecule has 2 aliphatic rings. The lowest BCUT2D eigenvalue weighted by Crippen LogP contribution is -2.54. The molecule has 0 heterocycles. The molecule has 0 aromatic heterocycles. The number of likely N-dealkylation sites (N-methyl/N-ethyl adjacent to an activating group) is 1. The molecule has 0 aromatic carbocycles. The van der Waals surface area contributed by atoms with Gasteiger partial charge in [-0.15, -0.1) is 0 Å². The van der Waals surface area contributed by atoms with Crippen molar-refractivity contribution in [2.45, 2.75) is 76.8 Å². The van der Waals surface area contributed by atoms with Crippen molar-refractivity contribution in [3.05, 3.63) is 0 Å². The van der Waals surface area contributed by atoms with Crippen LogP contribution in [0.15, 0.2) is 0 Å². The van der Waals surface area contributed by atoms with Crippen LogP contribution in [0.1, 0.15) is 65.2 Å². The van der Waals surface area contributed by atoms with Crippen LogP contribution in [0.2, 0.25) is 0 Å². The van der Waals surface area contributed by atoms with Crippen LogP contribution in [0.3, 0.4) is 0 Å². The number of nitrogens with zero attached hydrogens (tertiary/aromatic N) is 1. The van der Waals surface area contributed by atoms with Gasteiger partial charge in [-0.25, -0.2) is 0 Å². The van der Waals surface area contributed by atoms with Crippen molar-refractivity contribution in [1.82, 2.24) is 10.2 Å². The Kier molecular flexibility index (Phi) is 4.38. The Morgan fingerprint density at radius 2 is 1.61 bits per heavy atom. The first-order valence-electron chi connectivity index (χ1n) is 7.87. The summed E-state index contributed by atoms with van der Waals surface area (Å²) in [6.45, 7) is 6.08. The number of hydrogen-bond acceptors (Lipinski definition) is 2. The molecule has 0 amide bonds. The molecule has 106 valence electrons. The maximum absolute atomic E-state index is 3.93. The predicted octanol–water partition coefficient (Wildman–Crippen LogP) is 3.42. The predicted molar refractivity (Wildman–Crippen MR) is 78.9 cm³/mol. The summed E-state index contributed by atoms with van der Waals surface area (Å²) in [5.41, 5.74) is 0.928. The van der Waals surface area contributed by atoms with Gasteiger partial charge in [0, 0.05) is 18.1 Å². The third-order valence-corrected chi connectivity index (χ3v) is 5.67. The number of nitrogens with one attached hydrogen (secondary N) is 1. The molecule has 1 unspecified atom stereocenters. The highest BCUT2D eigenvalue weighted by Crippen LogP contribution is 2.37. The van der Waals surface area contributed by atoms with Gasteiger partial charge in [0.1, 0.15) is 0 Å². The van der Waals surface area contributed by atoms with Crippen molar-refractivity contribution in [3.8, 4) is 0 Å². The van der Waals surface area contributed by atoms with E-state index in [2.05, 4.69) is 38.2 Å². The van der Waals surface area contributed by atoms with Crippen LogP contribution < -0.4 is 5.32 Å². The van der Waals surface area contributed by atoms with Crippen molar-refractivity contribution in [2.24, 2.45) is 5.41 Å². The zero-order valence-electron chi connectivity index (χ0n) is 12.9. The zero-order valence-corrected chi connectivity index (χ0v) is 12.9. The topological polar surface area (TPSA) is 15.3 Å². The van der Waals surface area contributed by atoms with E-state index in [1.54, 1.807) is 0 Å². The molecular weight excluding hydrogens is 220 g/mol. The van der Waals surface area contributed by atoms with E-state index in [1.807, 2.05) is 0 Å². The molecule has 0 radical (unpaired) electrons. The summed E-state index contributed by atoms with van der Waals surface area (Å²) < 4.78 is 0. The fourth-order valence-corrected chi connectivity index (χ4v) is 4.00. The molecule has 2 aliphatic carbocycles. The molecule has 1 atom stereocenters. The molecule has 0 spiro atoms. The Bertz CT molecular complexity index is 264. The maximum Gasteiger partial charge on any atom is 0.0327 e. The molecule has 0 bridgehead atoms. The molecule has 0 aliphatic heterocycles. The minimum atomic E-state index is 0.438. The van der Waals surface area contributed by atoms with E-state index >= 15 is 0 Å². The molecule has 0 saturated heterocycles. The lowest BCUT2D eigenvalue weighted by Gasteiger charge is -2.43. The Hall–Kier alpha value is -0.0800. The zero-order chi connectivity index (χ0) is 13.2. The largest absolute Gasteiger partial charge is 0.312 e. The first-order valence-corrected chi connectivity index (χ1v) is 7.87. The van der Waals surface area contributed by atoms with E-state index in [1.165, 1.54) is 57.9 Å². The molecule has 2 heteroatoms. The Morgan fingerprint density at radius 3 is 2.17 bits per heavy atom. The summed E-state index contributed by atoms with van der Waals surface area (Å²) in [7, 11) is 4.53. The van der Waals surface area contributed by atoms with Crippen LogP contribution in [-0.4, -0.2) is 37.1 Å². The van der Waals surface area contributed by atoms with Crippen LogP contribution in [0.4, 0.5) is 0 Å². The van der Waals surface area contributed by atoms with Crippen molar-refractivity contribution in [2.75, 3.05) is 20.6 Å². The van der Waals surface area contributed by atoms with Gasteiger partial charge in [-0.2, -0.15) is 0 Å². The highest BCUT2D eigenvalue weighted by Gasteiger charge is 2.38. The molecule has 18 heavy (non-hydrogen) atoms. The van der Waals surface area contributed by atoms with E-state index in [0.29, 0.717) is 11.0 Å². The molecule has 2 saturated carbocycles. The van der Waals surface area contributed by atoms with Gasteiger partial charge < -0.3 is 10.2 Å². The molecule has 2 nitrogen and oxygen atoms in total. The van der Waals surface area contributed by atoms with E-state index in [0.717, 1.165) is 6.04 Å². The van der Waals surface area contributed by atoms with Crippen molar-refractivity contribution >= 4 is 0 Å². The van der Waals surface area contributed by atoms with Gasteiger partial charge in [0.05, 0.1) is 0 Å². The fourth-order valence-electron chi connectivity index (χ4n) is 4.00. The standard InChI is InChI=1S/C16H32N2/c1-15(2)10-6-5-9-14(15)17-13-16(18(3)4)11-7-8-12-16/h14,17H,5-13H2,1-4H3. The second kappa shape index (κ2) is 5.50. The van der Waals surface area contributed by atoms with Crippen molar-refractivity contribution in [1.29, 1.82) is 0 Å². The Morgan fingerprint density at radius 1 is 1.00 bits per heavy atom. The molecular formula is C16H32N2. The smallest absolute Gasteiger partial charge is 0.0327 e. The van der Waals surface area contributed by atoms with Gasteiger partial charge in [0.15, 0.2) is 0 Å². The maximum atomic E-state index is 3.93. The quantitative estimate of drug-likeness (QED) is 0.825. The van der Waals surface area contributed by atoms with Crippen molar-refractivity contribution < 1.29 is 0 Å². The Balaban J connectivity index is 1.93. The highest BCUT2D eigenvalue weighted by molar-refractivity contribution is 4.97. The van der Waals surface area contributed by atoms with Crippen LogP contribution in [0.5, 0.6) is 0 Å². The second-order valence-electron chi connectivity index (χ2n) is 7.49. The van der Waals surface area contributed by atoms with Gasteiger partial charge in [-0.05, 0) is 45.2 Å². The number of hydrogen-bond donors (Lipinski definition) is 1. The first-order chi connectivity index (χ1) is 8.46. The number of rotatable bonds is 4. The fraction of sp³-hybridized carbons (Fsp3) is 1.00. The molecule has 0 aromatic rings. The second-order valence-corrected chi connectivity index (χ2v) is 7.49. The monoisotopic (exact) mass is 252 g/mol. The third kappa shape index (κ3) is 2.91. The minimum absolute atomic E-state index is 0.438. The van der Waals surface area contributed by atoms with Gasteiger partial charge in [-0.1, -0.05) is 39.5 Å². The van der Waals surface area contributed by atoms with Gasteiger partial charge in [0.25, 0.3) is 0 Å². The van der Waals surface area contributed by atoms with E-state index in [9.17, 15) is 0 Å². The lowest BCUT2D eigenvalue weighted by molar-refractivity contribution is 0.113. The summed E-state index contributed by atoms with van der Waals surface area (Å²) in [6.07, 6.45) is 11.2. The van der Waals surface area contributed by atoms with E-state index in [-0.39, 0.29) is 0 Å². The lowest BCUT2D eigenvalue weighted by atomic mass is 9.73. The van der Waals surface area contributed by atoms with E-state index in [4.69, 9.17) is 0 Å². The Labute approximate surface area is 114 Å². The SMILES string of the molecule is CN(C)C1(CNC2CCCCC2(C)C)CCCC1. The minimum Gasteiger partial charge on any atom is -0.312 e. The summed E-state index contributed by atoms with van der Waals surface area (Å²) in [4.78, 5) is 2.48.